The number of aryl methyl sites for hydroxylation is 2. The number of nitrogens with zero attached hydrogens (tertiary/aromatic N) is 1. The fraction of sp³-hybridized carbons (Fsp3) is 0.231. The van der Waals surface area contributed by atoms with Crippen molar-refractivity contribution in [1.82, 2.24) is 4.98 Å². The van der Waals surface area contributed by atoms with Crippen molar-refractivity contribution in [3.8, 4) is 10.6 Å². The fourth-order valence-electron chi connectivity index (χ4n) is 2.07. The summed E-state index contributed by atoms with van der Waals surface area (Å²) in [6.45, 7) is 0. The van der Waals surface area contributed by atoms with Gasteiger partial charge in [-0.3, -0.25) is 0 Å². The van der Waals surface area contributed by atoms with Crippen LogP contribution in [0.1, 0.15) is 27.3 Å². The molecule has 0 unspecified atom stereocenters. The van der Waals surface area contributed by atoms with Gasteiger partial charge in [0, 0.05) is 10.4 Å². The average Bonchev–Trinajstić information content (AvgIpc) is 2.89. The quantitative estimate of drug-likeness (QED) is 0.884. The van der Waals surface area contributed by atoms with Crippen LogP contribution < -0.4 is 0 Å². The van der Waals surface area contributed by atoms with Crippen molar-refractivity contribution in [2.24, 2.45) is 0 Å². The number of carbonyl (C=O) groups is 1. The molecule has 0 radical (unpaired) electrons. The van der Waals surface area contributed by atoms with E-state index < -0.39 is 5.97 Å². The summed E-state index contributed by atoms with van der Waals surface area (Å²) in [4.78, 5) is 16.7. The summed E-state index contributed by atoms with van der Waals surface area (Å²) in [5.41, 5.74) is 2.56. The van der Waals surface area contributed by atoms with Crippen LogP contribution in [0.15, 0.2) is 24.3 Å². The van der Waals surface area contributed by atoms with E-state index in [1.54, 1.807) is 23.5 Å². The van der Waals surface area contributed by atoms with Crippen molar-refractivity contribution in [2.75, 3.05) is 0 Å². The van der Waals surface area contributed by atoms with Crippen molar-refractivity contribution in [1.29, 1.82) is 0 Å². The lowest BCUT2D eigenvalue weighted by atomic mass is 10.1. The lowest BCUT2D eigenvalue weighted by Gasteiger charge is -1.98. The monoisotopic (exact) mass is 245 g/mol. The molecule has 4 heteroatoms. The van der Waals surface area contributed by atoms with Crippen molar-refractivity contribution in [3.05, 3.63) is 40.4 Å². The highest BCUT2D eigenvalue weighted by Gasteiger charge is 2.17. The molecule has 0 aliphatic heterocycles. The van der Waals surface area contributed by atoms with E-state index in [1.807, 2.05) is 12.1 Å². The molecule has 1 aromatic carbocycles. The third-order valence-electron chi connectivity index (χ3n) is 2.97. The van der Waals surface area contributed by atoms with Crippen LogP contribution in [0.5, 0.6) is 0 Å². The number of aromatic nitrogens is 1. The standard InChI is InChI=1S/C13H11NO2S/c15-13(16)9-6-4-8(5-7-9)12-14-10-2-1-3-11(10)17-12/h4-7H,1-3H2,(H,15,16). The normalized spacial score (nSPS) is 13.6. The van der Waals surface area contributed by atoms with Crippen LogP contribution in [-0.2, 0) is 12.8 Å². The highest BCUT2D eigenvalue weighted by molar-refractivity contribution is 7.15. The number of aromatic carboxylic acids is 1. The van der Waals surface area contributed by atoms with Crippen LogP contribution in [0, 0.1) is 0 Å². The van der Waals surface area contributed by atoms with Gasteiger partial charge in [0.25, 0.3) is 0 Å². The molecule has 0 bridgehead atoms. The van der Waals surface area contributed by atoms with Gasteiger partial charge < -0.3 is 5.11 Å². The molecule has 0 fully saturated rings. The van der Waals surface area contributed by atoms with E-state index in [0.717, 1.165) is 23.4 Å². The molecule has 0 saturated heterocycles. The van der Waals surface area contributed by atoms with Crippen LogP contribution in [0.4, 0.5) is 0 Å². The highest BCUT2D eigenvalue weighted by atomic mass is 32.1. The van der Waals surface area contributed by atoms with Crippen LogP contribution in [0.2, 0.25) is 0 Å². The maximum atomic E-state index is 10.7. The van der Waals surface area contributed by atoms with Crippen LogP contribution in [0.3, 0.4) is 0 Å². The van der Waals surface area contributed by atoms with E-state index >= 15 is 0 Å². The second kappa shape index (κ2) is 3.96. The number of benzene rings is 1. The van der Waals surface area contributed by atoms with E-state index in [9.17, 15) is 4.79 Å². The third kappa shape index (κ3) is 1.85. The Morgan fingerprint density at radius 1 is 1.24 bits per heavy atom. The number of hydrogen-bond donors (Lipinski definition) is 1. The molecular formula is C13H11NO2S. The molecule has 1 aliphatic carbocycles. The topological polar surface area (TPSA) is 50.2 Å². The molecule has 1 aliphatic rings. The first-order chi connectivity index (χ1) is 8.24. The van der Waals surface area contributed by atoms with E-state index in [1.165, 1.54) is 17.0 Å². The van der Waals surface area contributed by atoms with Gasteiger partial charge in [-0.25, -0.2) is 9.78 Å². The minimum absolute atomic E-state index is 0.317. The summed E-state index contributed by atoms with van der Waals surface area (Å²) in [5, 5.41) is 9.83. The zero-order valence-corrected chi connectivity index (χ0v) is 9.96. The number of carboxylic acids is 1. The minimum Gasteiger partial charge on any atom is -0.478 e. The Morgan fingerprint density at radius 2 is 2.00 bits per heavy atom. The van der Waals surface area contributed by atoms with Crippen LogP contribution >= 0.6 is 11.3 Å². The average molecular weight is 245 g/mol. The van der Waals surface area contributed by atoms with E-state index in [0.29, 0.717) is 5.56 Å². The molecule has 0 amide bonds. The number of carboxylic acid groups (broad SMARTS) is 1. The van der Waals surface area contributed by atoms with Gasteiger partial charge in [0.1, 0.15) is 5.01 Å². The smallest absolute Gasteiger partial charge is 0.335 e. The third-order valence-corrected chi connectivity index (χ3v) is 4.18. The molecule has 0 spiro atoms. The Hall–Kier alpha value is -1.68. The van der Waals surface area contributed by atoms with Gasteiger partial charge in [0.05, 0.1) is 11.3 Å². The van der Waals surface area contributed by atoms with E-state index in [4.69, 9.17) is 5.11 Å². The summed E-state index contributed by atoms with van der Waals surface area (Å²) >= 11 is 1.73. The zero-order chi connectivity index (χ0) is 11.8. The largest absolute Gasteiger partial charge is 0.478 e. The number of rotatable bonds is 2. The molecule has 0 saturated carbocycles. The second-order valence-corrected chi connectivity index (χ2v) is 5.21. The summed E-state index contributed by atoms with van der Waals surface area (Å²) in [7, 11) is 0. The number of fused-ring (bicyclic) bond motifs is 1. The van der Waals surface area contributed by atoms with Crippen LogP contribution in [-0.4, -0.2) is 16.1 Å². The van der Waals surface area contributed by atoms with Gasteiger partial charge in [-0.05, 0) is 31.4 Å². The minimum atomic E-state index is -0.891. The van der Waals surface area contributed by atoms with Crippen molar-refractivity contribution in [2.45, 2.75) is 19.3 Å². The first-order valence-corrected chi connectivity index (χ1v) is 6.38. The molecule has 1 N–H and O–H groups in total. The van der Waals surface area contributed by atoms with Crippen LogP contribution in [0.25, 0.3) is 10.6 Å². The number of hydrogen-bond acceptors (Lipinski definition) is 3. The second-order valence-electron chi connectivity index (χ2n) is 4.12. The summed E-state index contributed by atoms with van der Waals surface area (Å²) < 4.78 is 0. The molecular weight excluding hydrogens is 234 g/mol. The molecule has 2 aromatic rings. The van der Waals surface area contributed by atoms with Crippen molar-refractivity contribution >= 4 is 17.3 Å². The van der Waals surface area contributed by atoms with Gasteiger partial charge in [-0.1, -0.05) is 12.1 Å². The Morgan fingerprint density at radius 3 is 2.65 bits per heavy atom. The predicted octanol–water partition coefficient (Wildman–Crippen LogP) is 3.00. The SMILES string of the molecule is O=C(O)c1ccc(-c2nc3c(s2)CCC3)cc1. The predicted molar refractivity (Wildman–Crippen MR) is 66.5 cm³/mol. The first-order valence-electron chi connectivity index (χ1n) is 5.56. The molecule has 86 valence electrons. The van der Waals surface area contributed by atoms with E-state index in [2.05, 4.69) is 4.98 Å². The lowest BCUT2D eigenvalue weighted by molar-refractivity contribution is 0.0697. The van der Waals surface area contributed by atoms with Gasteiger partial charge in [0.2, 0.25) is 0 Å². The van der Waals surface area contributed by atoms with Crippen molar-refractivity contribution in [3.63, 3.8) is 0 Å². The maximum Gasteiger partial charge on any atom is 0.335 e. The van der Waals surface area contributed by atoms with Gasteiger partial charge in [0.15, 0.2) is 0 Å². The molecule has 17 heavy (non-hydrogen) atoms. The summed E-state index contributed by atoms with van der Waals surface area (Å²) in [6, 6.07) is 6.92. The molecule has 3 nitrogen and oxygen atoms in total. The zero-order valence-electron chi connectivity index (χ0n) is 9.14. The molecule has 3 rings (SSSR count). The Kier molecular flexibility index (Phi) is 2.44. The van der Waals surface area contributed by atoms with Gasteiger partial charge in [-0.15, -0.1) is 11.3 Å². The van der Waals surface area contributed by atoms with E-state index in [-0.39, 0.29) is 0 Å². The van der Waals surface area contributed by atoms with Gasteiger partial charge >= 0.3 is 5.97 Å². The highest BCUT2D eigenvalue weighted by Crippen LogP contribution is 2.33. The molecule has 1 aromatic heterocycles. The van der Waals surface area contributed by atoms with Crippen molar-refractivity contribution < 1.29 is 9.90 Å². The summed E-state index contributed by atoms with van der Waals surface area (Å²) in [6.07, 6.45) is 3.44. The molecule has 0 atom stereocenters. The fourth-order valence-corrected chi connectivity index (χ4v) is 3.22. The van der Waals surface area contributed by atoms with Gasteiger partial charge in [-0.2, -0.15) is 0 Å². The first kappa shape index (κ1) is 10.5. The number of thiazole rings is 1. The summed E-state index contributed by atoms with van der Waals surface area (Å²) in [5.74, 6) is -0.891. The Labute approximate surface area is 103 Å². The Balaban J connectivity index is 1.95. The lowest BCUT2D eigenvalue weighted by Crippen LogP contribution is -1.94. The molecule has 1 heterocycles. The Bertz CT molecular complexity index is 550. The maximum absolute atomic E-state index is 10.7.